The van der Waals surface area contributed by atoms with E-state index in [9.17, 15) is 9.59 Å². The lowest BCUT2D eigenvalue weighted by Gasteiger charge is -2.30. The molecule has 1 aliphatic carbocycles. The minimum absolute atomic E-state index is 0.0819. The maximum Gasteiger partial charge on any atom is 0.315 e. The summed E-state index contributed by atoms with van der Waals surface area (Å²) in [6.07, 6.45) is 3.23. The number of rotatable bonds is 9. The quantitative estimate of drug-likeness (QED) is 0.568. The van der Waals surface area contributed by atoms with Crippen molar-refractivity contribution in [2.45, 2.75) is 52.5 Å². The Bertz CT molecular complexity index is 348. The first-order chi connectivity index (χ1) is 9.79. The molecule has 0 heterocycles. The third-order valence-electron chi connectivity index (χ3n) is 3.53. The molecule has 1 unspecified atom stereocenters. The van der Waals surface area contributed by atoms with Crippen LogP contribution in [0.3, 0.4) is 0 Å². The summed E-state index contributed by atoms with van der Waals surface area (Å²) < 4.78 is 5.48. The van der Waals surface area contributed by atoms with Crippen molar-refractivity contribution in [2.75, 3.05) is 19.8 Å². The van der Waals surface area contributed by atoms with Crippen molar-refractivity contribution in [3.05, 3.63) is 0 Å². The van der Waals surface area contributed by atoms with E-state index in [-0.39, 0.29) is 17.9 Å². The number of amides is 2. The van der Waals surface area contributed by atoms with Crippen LogP contribution in [0, 0.1) is 11.3 Å². The van der Waals surface area contributed by atoms with Gasteiger partial charge in [0.1, 0.15) is 0 Å². The molecule has 0 aromatic heterocycles. The third-order valence-corrected chi connectivity index (χ3v) is 3.53. The molecule has 6 nitrogen and oxygen atoms in total. The predicted molar refractivity (Wildman–Crippen MR) is 80.2 cm³/mol. The summed E-state index contributed by atoms with van der Waals surface area (Å²) in [6, 6.07) is -0.723. The van der Waals surface area contributed by atoms with E-state index < -0.39 is 12.0 Å². The molecule has 0 aromatic carbocycles. The van der Waals surface area contributed by atoms with Crippen molar-refractivity contribution < 1.29 is 19.4 Å². The summed E-state index contributed by atoms with van der Waals surface area (Å²) >= 11 is 0. The van der Waals surface area contributed by atoms with E-state index in [0.717, 1.165) is 18.9 Å². The van der Waals surface area contributed by atoms with Gasteiger partial charge in [-0.2, -0.15) is 0 Å². The lowest BCUT2D eigenvalue weighted by atomic mass is 9.85. The fraction of sp³-hybridized carbons (Fsp3) is 0.867. The van der Waals surface area contributed by atoms with Crippen LogP contribution in [0.4, 0.5) is 4.79 Å². The molecule has 1 atom stereocenters. The van der Waals surface area contributed by atoms with Crippen molar-refractivity contribution in [2.24, 2.45) is 11.3 Å². The van der Waals surface area contributed by atoms with E-state index in [0.29, 0.717) is 13.2 Å². The number of ether oxygens (including phenoxy) is 1. The number of carboxylic acid groups (broad SMARTS) is 1. The highest BCUT2D eigenvalue weighted by Gasteiger charge is 2.28. The molecule has 0 bridgehead atoms. The van der Waals surface area contributed by atoms with Crippen LogP contribution in [0.1, 0.15) is 46.5 Å². The lowest BCUT2D eigenvalue weighted by molar-refractivity contribution is -0.138. The van der Waals surface area contributed by atoms with Crippen molar-refractivity contribution in [3.63, 3.8) is 0 Å². The predicted octanol–water partition coefficient (Wildman–Crippen LogP) is 1.99. The molecular formula is C15H28N2O4. The number of carbonyl (C=O) groups excluding carboxylic acids is 1. The van der Waals surface area contributed by atoms with E-state index in [1.54, 1.807) is 0 Å². The molecule has 1 aliphatic rings. The molecule has 2 amide bonds. The van der Waals surface area contributed by atoms with Gasteiger partial charge in [-0.05, 0) is 30.6 Å². The van der Waals surface area contributed by atoms with Gasteiger partial charge in [0.25, 0.3) is 0 Å². The van der Waals surface area contributed by atoms with E-state index in [2.05, 4.69) is 10.6 Å². The summed E-state index contributed by atoms with van der Waals surface area (Å²) in [5, 5.41) is 14.4. The minimum Gasteiger partial charge on any atom is -0.481 e. The Morgan fingerprint density at radius 2 is 2.00 bits per heavy atom. The van der Waals surface area contributed by atoms with Gasteiger partial charge in [-0.25, -0.2) is 4.79 Å². The van der Waals surface area contributed by atoms with Crippen molar-refractivity contribution in [3.8, 4) is 0 Å². The van der Waals surface area contributed by atoms with Crippen LogP contribution in [0.25, 0.3) is 0 Å². The Labute approximate surface area is 126 Å². The minimum atomic E-state index is -0.913. The zero-order chi connectivity index (χ0) is 15.9. The van der Waals surface area contributed by atoms with E-state index >= 15 is 0 Å². The second kappa shape index (κ2) is 8.22. The molecular weight excluding hydrogens is 272 g/mol. The highest BCUT2D eigenvalue weighted by atomic mass is 16.5. The molecule has 0 saturated heterocycles. The molecule has 3 N–H and O–H groups in total. The summed E-state index contributed by atoms with van der Waals surface area (Å²) in [6.45, 7) is 7.73. The smallest absolute Gasteiger partial charge is 0.315 e. The Morgan fingerprint density at radius 1 is 1.33 bits per heavy atom. The highest BCUT2D eigenvalue weighted by Crippen LogP contribution is 2.28. The van der Waals surface area contributed by atoms with Gasteiger partial charge < -0.3 is 20.5 Å². The van der Waals surface area contributed by atoms with Crippen LogP contribution in [-0.4, -0.2) is 42.9 Å². The first kappa shape index (κ1) is 17.8. The topological polar surface area (TPSA) is 87.7 Å². The highest BCUT2D eigenvalue weighted by molar-refractivity contribution is 5.75. The summed E-state index contributed by atoms with van der Waals surface area (Å²) in [4.78, 5) is 22.6. The maximum atomic E-state index is 11.8. The van der Waals surface area contributed by atoms with E-state index in [4.69, 9.17) is 9.84 Å². The number of hydrogen-bond donors (Lipinski definition) is 3. The second-order valence-corrected chi connectivity index (χ2v) is 6.79. The van der Waals surface area contributed by atoms with Gasteiger partial charge in [-0.1, -0.05) is 20.8 Å². The monoisotopic (exact) mass is 300 g/mol. The molecule has 6 heteroatoms. The summed E-state index contributed by atoms with van der Waals surface area (Å²) in [5.74, 6) is -0.159. The first-order valence-electron chi connectivity index (χ1n) is 7.63. The molecule has 1 fully saturated rings. The SMILES string of the molecule is CC(C)(C)C(CC(=O)O)NC(=O)NCCCOCC1CC1. The molecule has 122 valence electrons. The Balaban J connectivity index is 2.15. The summed E-state index contributed by atoms with van der Waals surface area (Å²) in [5.41, 5.74) is -0.302. The van der Waals surface area contributed by atoms with Crippen LogP contribution in [0.15, 0.2) is 0 Å². The van der Waals surface area contributed by atoms with E-state index in [1.165, 1.54) is 12.8 Å². The second-order valence-electron chi connectivity index (χ2n) is 6.79. The Hall–Kier alpha value is -1.30. The van der Waals surface area contributed by atoms with Crippen molar-refractivity contribution >= 4 is 12.0 Å². The Morgan fingerprint density at radius 3 is 2.52 bits per heavy atom. The summed E-state index contributed by atoms with van der Waals surface area (Å²) in [7, 11) is 0. The van der Waals surface area contributed by atoms with Gasteiger partial charge in [-0.15, -0.1) is 0 Å². The number of aliphatic carboxylic acids is 1. The first-order valence-corrected chi connectivity index (χ1v) is 7.63. The van der Waals surface area contributed by atoms with Crippen LogP contribution in [0.5, 0.6) is 0 Å². The standard InChI is InChI=1S/C15H28N2O4/c1-15(2,3)12(9-13(18)19)17-14(20)16-7-4-8-21-10-11-5-6-11/h11-12H,4-10H2,1-3H3,(H,18,19)(H2,16,17,20). The lowest BCUT2D eigenvalue weighted by Crippen LogP contribution is -2.49. The Kier molecular flexibility index (Phi) is 6.95. The zero-order valence-corrected chi connectivity index (χ0v) is 13.3. The van der Waals surface area contributed by atoms with Gasteiger partial charge in [-0.3, -0.25) is 4.79 Å². The number of carboxylic acids is 1. The van der Waals surface area contributed by atoms with Gasteiger partial charge in [0.15, 0.2) is 0 Å². The zero-order valence-electron chi connectivity index (χ0n) is 13.3. The normalized spacial score (nSPS) is 16.3. The van der Waals surface area contributed by atoms with Crippen LogP contribution in [-0.2, 0) is 9.53 Å². The largest absolute Gasteiger partial charge is 0.481 e. The van der Waals surface area contributed by atoms with Gasteiger partial charge in [0.05, 0.1) is 6.42 Å². The molecule has 0 aromatic rings. The fourth-order valence-corrected chi connectivity index (χ4v) is 1.87. The number of nitrogens with one attached hydrogen (secondary N) is 2. The van der Waals surface area contributed by atoms with Crippen molar-refractivity contribution in [1.82, 2.24) is 10.6 Å². The molecule has 1 rings (SSSR count). The van der Waals surface area contributed by atoms with Crippen molar-refractivity contribution in [1.29, 1.82) is 0 Å². The average Bonchev–Trinajstić information content (AvgIpc) is 3.15. The van der Waals surface area contributed by atoms with Crippen LogP contribution in [0.2, 0.25) is 0 Å². The number of urea groups is 1. The number of hydrogen-bond acceptors (Lipinski definition) is 3. The molecule has 21 heavy (non-hydrogen) atoms. The van der Waals surface area contributed by atoms with Crippen LogP contribution < -0.4 is 10.6 Å². The van der Waals surface area contributed by atoms with E-state index in [1.807, 2.05) is 20.8 Å². The molecule has 0 aliphatic heterocycles. The fourth-order valence-electron chi connectivity index (χ4n) is 1.87. The average molecular weight is 300 g/mol. The maximum absolute atomic E-state index is 11.8. The van der Waals surface area contributed by atoms with Crippen LogP contribution >= 0.6 is 0 Å². The van der Waals surface area contributed by atoms with Gasteiger partial charge in [0.2, 0.25) is 0 Å². The third kappa shape index (κ3) is 8.55. The van der Waals surface area contributed by atoms with Gasteiger partial charge >= 0.3 is 12.0 Å². The number of carbonyl (C=O) groups is 2. The molecule has 0 spiro atoms. The molecule has 1 saturated carbocycles. The molecule has 0 radical (unpaired) electrons. The van der Waals surface area contributed by atoms with Gasteiger partial charge in [0, 0.05) is 25.8 Å².